The van der Waals surface area contributed by atoms with Gasteiger partial charge < -0.3 is 14.7 Å². The Hall–Kier alpha value is -0.620. The number of aliphatic hydroxyl groups is 1. The summed E-state index contributed by atoms with van der Waals surface area (Å²) < 4.78 is 6.81. The molecule has 0 aliphatic carbocycles. The lowest BCUT2D eigenvalue weighted by Crippen LogP contribution is -2.39. The highest BCUT2D eigenvalue weighted by Gasteiger charge is 2.30. The summed E-state index contributed by atoms with van der Waals surface area (Å²) in [7, 11) is 4.14. The van der Waals surface area contributed by atoms with E-state index in [2.05, 4.69) is 39.8 Å². The molecule has 1 saturated heterocycles. The fourth-order valence-electron chi connectivity index (χ4n) is 2.65. The van der Waals surface area contributed by atoms with Gasteiger partial charge in [-0.1, -0.05) is 15.9 Å². The molecule has 20 heavy (non-hydrogen) atoms. The number of β-amino-alcohol motifs (C(OH)–C–C–N with tert-alkyl or cyclic N) is 1. The summed E-state index contributed by atoms with van der Waals surface area (Å²) in [6.07, 6.45) is 0.656. The van der Waals surface area contributed by atoms with E-state index in [9.17, 15) is 5.11 Å². The lowest BCUT2D eigenvalue weighted by Gasteiger charge is -2.26. The predicted octanol–water partition coefficient (Wildman–Crippen LogP) is 1.82. The second kappa shape index (κ2) is 7.41. The van der Waals surface area contributed by atoms with Crippen LogP contribution in [0.1, 0.15) is 6.42 Å². The number of likely N-dealkylation sites (N-methyl/N-ethyl adjacent to an activating group) is 1. The first-order valence-corrected chi connectivity index (χ1v) is 7.79. The van der Waals surface area contributed by atoms with E-state index >= 15 is 0 Å². The Labute approximate surface area is 129 Å². The van der Waals surface area contributed by atoms with Crippen molar-refractivity contribution < 1.29 is 9.84 Å². The van der Waals surface area contributed by atoms with Crippen LogP contribution in [-0.4, -0.2) is 67.4 Å². The molecule has 1 N–H and O–H groups in total. The molecule has 5 heteroatoms. The molecule has 0 saturated carbocycles. The highest BCUT2D eigenvalue weighted by molar-refractivity contribution is 9.10. The van der Waals surface area contributed by atoms with Gasteiger partial charge in [-0.15, -0.1) is 0 Å². The van der Waals surface area contributed by atoms with E-state index in [4.69, 9.17) is 4.74 Å². The molecule has 1 aromatic rings. The van der Waals surface area contributed by atoms with E-state index in [0.717, 1.165) is 36.3 Å². The number of nitrogens with zero attached hydrogens (tertiary/aromatic N) is 2. The van der Waals surface area contributed by atoms with E-state index in [1.807, 2.05) is 24.3 Å². The molecule has 2 unspecified atom stereocenters. The average molecular weight is 343 g/mol. The SMILES string of the molecule is CN(C)CC1CC(O)CN1CCOc1ccc(Br)cc1. The fraction of sp³-hybridized carbons (Fsp3) is 0.600. The molecule has 2 rings (SSSR count). The second-order valence-corrected chi connectivity index (χ2v) is 6.52. The number of halogens is 1. The largest absolute Gasteiger partial charge is 0.492 e. The number of likely N-dealkylation sites (tertiary alicyclic amines) is 1. The lowest BCUT2D eigenvalue weighted by molar-refractivity contribution is 0.155. The highest BCUT2D eigenvalue weighted by atomic mass is 79.9. The molecule has 1 aromatic carbocycles. The molecule has 0 bridgehead atoms. The predicted molar refractivity (Wildman–Crippen MR) is 84.2 cm³/mol. The van der Waals surface area contributed by atoms with Crippen molar-refractivity contribution in [3.05, 3.63) is 28.7 Å². The van der Waals surface area contributed by atoms with Crippen LogP contribution in [0.5, 0.6) is 5.75 Å². The van der Waals surface area contributed by atoms with E-state index < -0.39 is 0 Å². The maximum absolute atomic E-state index is 9.82. The van der Waals surface area contributed by atoms with Crippen LogP contribution < -0.4 is 4.74 Å². The third kappa shape index (κ3) is 4.74. The van der Waals surface area contributed by atoms with Crippen LogP contribution in [0.3, 0.4) is 0 Å². The molecule has 0 radical (unpaired) electrons. The van der Waals surface area contributed by atoms with Crippen LogP contribution in [0, 0.1) is 0 Å². The van der Waals surface area contributed by atoms with Crippen LogP contribution in [0.15, 0.2) is 28.7 Å². The van der Waals surface area contributed by atoms with Crippen molar-refractivity contribution in [1.29, 1.82) is 0 Å². The standard InChI is InChI=1S/C15H23BrN2O2/c1-17(2)10-13-9-14(19)11-18(13)7-8-20-15-5-3-12(16)4-6-15/h3-6,13-14,19H,7-11H2,1-2H3. The second-order valence-electron chi connectivity index (χ2n) is 5.60. The Bertz CT molecular complexity index is 411. The number of ether oxygens (including phenoxy) is 1. The first-order chi connectivity index (χ1) is 9.54. The van der Waals surface area contributed by atoms with Crippen molar-refractivity contribution >= 4 is 15.9 Å². The number of rotatable bonds is 6. The smallest absolute Gasteiger partial charge is 0.119 e. The van der Waals surface area contributed by atoms with Crippen molar-refractivity contribution in [3.8, 4) is 5.75 Å². The normalized spacial score (nSPS) is 23.4. The van der Waals surface area contributed by atoms with Gasteiger partial charge in [0, 0.05) is 30.1 Å². The van der Waals surface area contributed by atoms with Gasteiger partial charge in [0.25, 0.3) is 0 Å². The van der Waals surface area contributed by atoms with Gasteiger partial charge in [0.05, 0.1) is 6.10 Å². The topological polar surface area (TPSA) is 35.9 Å². The summed E-state index contributed by atoms with van der Waals surface area (Å²) in [6, 6.07) is 8.29. The van der Waals surface area contributed by atoms with Gasteiger partial charge in [-0.3, -0.25) is 4.90 Å². The number of aliphatic hydroxyl groups excluding tert-OH is 1. The van der Waals surface area contributed by atoms with Crippen molar-refractivity contribution in [1.82, 2.24) is 9.80 Å². The summed E-state index contributed by atoms with van der Waals surface area (Å²) in [5, 5.41) is 9.82. The van der Waals surface area contributed by atoms with Crippen LogP contribution in [-0.2, 0) is 0 Å². The van der Waals surface area contributed by atoms with Gasteiger partial charge in [-0.25, -0.2) is 0 Å². The molecular formula is C15H23BrN2O2. The Balaban J connectivity index is 1.78. The molecule has 1 aliphatic heterocycles. The quantitative estimate of drug-likeness (QED) is 0.855. The first kappa shape index (κ1) is 15.8. The summed E-state index contributed by atoms with van der Waals surface area (Å²) in [5.74, 6) is 0.886. The maximum Gasteiger partial charge on any atom is 0.119 e. The Morgan fingerprint density at radius 3 is 2.70 bits per heavy atom. The van der Waals surface area contributed by atoms with Crippen LogP contribution >= 0.6 is 15.9 Å². The maximum atomic E-state index is 9.82. The summed E-state index contributed by atoms with van der Waals surface area (Å²) in [5.41, 5.74) is 0. The molecule has 1 fully saturated rings. The van der Waals surface area contributed by atoms with Crippen molar-refractivity contribution in [2.45, 2.75) is 18.6 Å². The fourth-order valence-corrected chi connectivity index (χ4v) is 2.92. The Morgan fingerprint density at radius 2 is 2.05 bits per heavy atom. The van der Waals surface area contributed by atoms with E-state index in [1.165, 1.54) is 0 Å². The van der Waals surface area contributed by atoms with Gasteiger partial charge in [-0.2, -0.15) is 0 Å². The highest BCUT2D eigenvalue weighted by Crippen LogP contribution is 2.19. The summed E-state index contributed by atoms with van der Waals surface area (Å²) in [6.45, 7) is 3.24. The minimum atomic E-state index is -0.201. The molecule has 112 valence electrons. The minimum absolute atomic E-state index is 0.201. The van der Waals surface area contributed by atoms with E-state index in [-0.39, 0.29) is 6.10 Å². The molecular weight excluding hydrogens is 320 g/mol. The summed E-state index contributed by atoms with van der Waals surface area (Å²) in [4.78, 5) is 4.49. The van der Waals surface area contributed by atoms with Crippen LogP contribution in [0.2, 0.25) is 0 Å². The Kier molecular flexibility index (Phi) is 5.84. The third-order valence-electron chi connectivity index (χ3n) is 3.54. The van der Waals surface area contributed by atoms with Crippen LogP contribution in [0.4, 0.5) is 0 Å². The molecule has 1 aliphatic rings. The monoisotopic (exact) mass is 342 g/mol. The van der Waals surface area contributed by atoms with Gasteiger partial charge >= 0.3 is 0 Å². The summed E-state index contributed by atoms with van der Waals surface area (Å²) >= 11 is 3.41. The van der Waals surface area contributed by atoms with Gasteiger partial charge in [0.2, 0.25) is 0 Å². The number of hydrogen-bond donors (Lipinski definition) is 1. The molecule has 0 amide bonds. The van der Waals surface area contributed by atoms with Crippen LogP contribution in [0.25, 0.3) is 0 Å². The molecule has 4 nitrogen and oxygen atoms in total. The van der Waals surface area contributed by atoms with Gasteiger partial charge in [-0.05, 0) is 44.8 Å². The lowest BCUT2D eigenvalue weighted by atomic mass is 10.2. The van der Waals surface area contributed by atoms with Gasteiger partial charge in [0.15, 0.2) is 0 Å². The zero-order valence-electron chi connectivity index (χ0n) is 12.1. The molecule has 1 heterocycles. The number of hydrogen-bond acceptors (Lipinski definition) is 4. The average Bonchev–Trinajstić information content (AvgIpc) is 2.71. The van der Waals surface area contributed by atoms with Crippen molar-refractivity contribution in [3.63, 3.8) is 0 Å². The number of benzene rings is 1. The molecule has 2 atom stereocenters. The van der Waals surface area contributed by atoms with Gasteiger partial charge in [0.1, 0.15) is 12.4 Å². The Morgan fingerprint density at radius 1 is 1.35 bits per heavy atom. The van der Waals surface area contributed by atoms with Crippen molar-refractivity contribution in [2.75, 3.05) is 40.3 Å². The molecule has 0 spiro atoms. The van der Waals surface area contributed by atoms with E-state index in [1.54, 1.807) is 0 Å². The molecule has 0 aromatic heterocycles. The first-order valence-electron chi connectivity index (χ1n) is 7.00. The zero-order chi connectivity index (χ0) is 14.5. The van der Waals surface area contributed by atoms with Crippen molar-refractivity contribution in [2.24, 2.45) is 0 Å². The zero-order valence-corrected chi connectivity index (χ0v) is 13.7. The minimum Gasteiger partial charge on any atom is -0.492 e. The third-order valence-corrected chi connectivity index (χ3v) is 4.07. The van der Waals surface area contributed by atoms with E-state index in [0.29, 0.717) is 12.6 Å².